The molecule has 1 aromatic carbocycles. The maximum Gasteiger partial charge on any atom is 0.304 e. The highest BCUT2D eigenvalue weighted by Crippen LogP contribution is 2.37. The Morgan fingerprint density at radius 3 is 2.74 bits per heavy atom. The molecule has 0 atom stereocenters. The average molecular weight is 299 g/mol. The van der Waals surface area contributed by atoms with Crippen LogP contribution in [0.3, 0.4) is 0 Å². The number of thioether (sulfide) groups is 1. The molecule has 1 aromatic rings. The monoisotopic (exact) mass is 299 g/mol. The number of benzene rings is 1. The Morgan fingerprint density at radius 2 is 2.05 bits per heavy atom. The summed E-state index contributed by atoms with van der Waals surface area (Å²) in [6.07, 6.45) is 1.57. The number of aliphatic carboxylic acids is 1. The number of carboxylic acids is 1. The van der Waals surface area contributed by atoms with E-state index >= 15 is 0 Å². The first-order chi connectivity index (χ1) is 8.93. The Balaban J connectivity index is 2.33. The molecule has 19 heavy (non-hydrogen) atoms. The molecule has 0 amide bonds. The largest absolute Gasteiger partial charge is 0.481 e. The number of carbonyl (C=O) groups is 1. The van der Waals surface area contributed by atoms with Crippen molar-refractivity contribution in [2.24, 2.45) is 0 Å². The molecule has 1 aliphatic heterocycles. The molecule has 0 bridgehead atoms. The lowest BCUT2D eigenvalue weighted by atomic mass is 10.2. The molecule has 2 rings (SSSR count). The molecule has 5 nitrogen and oxygen atoms in total. The van der Waals surface area contributed by atoms with Crippen LogP contribution in [0.5, 0.6) is 0 Å². The van der Waals surface area contributed by atoms with Crippen LogP contribution in [0, 0.1) is 0 Å². The van der Waals surface area contributed by atoms with Crippen LogP contribution >= 0.6 is 11.8 Å². The minimum atomic E-state index is -3.47. The summed E-state index contributed by atoms with van der Waals surface area (Å²) >= 11 is 1.35. The first-order valence-electron chi connectivity index (χ1n) is 5.57. The Morgan fingerprint density at radius 1 is 1.37 bits per heavy atom. The molecule has 0 fully saturated rings. The first kappa shape index (κ1) is 14.0. The van der Waals surface area contributed by atoms with Gasteiger partial charge < -0.3 is 5.11 Å². The maximum absolute atomic E-state index is 12.1. The van der Waals surface area contributed by atoms with Crippen molar-refractivity contribution in [1.82, 2.24) is 4.31 Å². The van der Waals surface area contributed by atoms with Crippen molar-refractivity contribution in [2.45, 2.75) is 11.3 Å². The maximum atomic E-state index is 12.1. The second-order valence-electron chi connectivity index (χ2n) is 4.00. The fraction of sp³-hybridized carbons (Fsp3) is 0.250. The zero-order valence-electron chi connectivity index (χ0n) is 10.2. The molecule has 0 aliphatic carbocycles. The standard InChI is InChI=1S/C12H13NO4S2/c1-13-8-10(18-7-6-12(14)15)9-4-2-3-5-11(9)19(13,16)17/h2-5,8H,6-7H2,1H3,(H,14,15). The SMILES string of the molecule is CN1C=C(SCCC(=O)O)c2ccccc2S1(=O)=O. The molecule has 1 heterocycles. The number of fused-ring (bicyclic) bond motifs is 1. The van der Waals surface area contributed by atoms with Gasteiger partial charge in [-0.25, -0.2) is 8.42 Å². The molecule has 0 saturated carbocycles. The molecule has 0 spiro atoms. The van der Waals surface area contributed by atoms with Crippen molar-refractivity contribution in [1.29, 1.82) is 0 Å². The molecule has 1 N–H and O–H groups in total. The van der Waals surface area contributed by atoms with Gasteiger partial charge in [-0.3, -0.25) is 9.10 Å². The third-order valence-electron chi connectivity index (χ3n) is 2.68. The van der Waals surface area contributed by atoms with Crippen LogP contribution < -0.4 is 0 Å². The van der Waals surface area contributed by atoms with Crippen molar-refractivity contribution in [3.8, 4) is 0 Å². The normalized spacial score (nSPS) is 16.7. The lowest BCUT2D eigenvalue weighted by molar-refractivity contribution is -0.136. The van der Waals surface area contributed by atoms with Gasteiger partial charge in [0.15, 0.2) is 0 Å². The molecule has 0 aromatic heterocycles. The Labute approximate surface area is 116 Å². The summed E-state index contributed by atoms with van der Waals surface area (Å²) < 4.78 is 25.4. The number of hydrogen-bond donors (Lipinski definition) is 1. The summed E-state index contributed by atoms with van der Waals surface area (Å²) in [4.78, 5) is 11.5. The van der Waals surface area contributed by atoms with E-state index < -0.39 is 16.0 Å². The predicted octanol–water partition coefficient (Wildman–Crippen LogP) is 1.83. The van der Waals surface area contributed by atoms with Crippen molar-refractivity contribution in [2.75, 3.05) is 12.8 Å². The van der Waals surface area contributed by atoms with Gasteiger partial charge in [0.1, 0.15) is 0 Å². The number of hydrogen-bond acceptors (Lipinski definition) is 4. The van der Waals surface area contributed by atoms with E-state index in [1.165, 1.54) is 29.3 Å². The van der Waals surface area contributed by atoms with E-state index in [4.69, 9.17) is 5.11 Å². The van der Waals surface area contributed by atoms with E-state index in [0.29, 0.717) is 11.3 Å². The minimum Gasteiger partial charge on any atom is -0.481 e. The molecular weight excluding hydrogens is 286 g/mol. The fourth-order valence-electron chi connectivity index (χ4n) is 1.72. The average Bonchev–Trinajstić information content (AvgIpc) is 2.35. The predicted molar refractivity (Wildman–Crippen MR) is 74.1 cm³/mol. The van der Waals surface area contributed by atoms with Crippen LogP contribution in [-0.4, -0.2) is 36.6 Å². The zero-order chi connectivity index (χ0) is 14.0. The highest BCUT2D eigenvalue weighted by molar-refractivity contribution is 8.08. The summed E-state index contributed by atoms with van der Waals surface area (Å²) in [5.74, 6) is -0.457. The summed E-state index contributed by atoms with van der Waals surface area (Å²) in [5, 5.41) is 8.63. The summed E-state index contributed by atoms with van der Waals surface area (Å²) in [6, 6.07) is 6.74. The molecule has 102 valence electrons. The molecule has 0 unspecified atom stereocenters. The number of rotatable bonds is 4. The van der Waals surface area contributed by atoms with Crippen LogP contribution in [-0.2, 0) is 14.8 Å². The van der Waals surface area contributed by atoms with Crippen molar-refractivity contribution in [3.05, 3.63) is 36.0 Å². The first-order valence-corrected chi connectivity index (χ1v) is 7.99. The van der Waals surface area contributed by atoms with E-state index in [9.17, 15) is 13.2 Å². The van der Waals surface area contributed by atoms with Crippen LogP contribution in [0.4, 0.5) is 0 Å². The van der Waals surface area contributed by atoms with Crippen LogP contribution in [0.25, 0.3) is 4.91 Å². The Hall–Kier alpha value is -1.47. The molecule has 0 radical (unpaired) electrons. The Kier molecular flexibility index (Phi) is 3.86. The zero-order valence-corrected chi connectivity index (χ0v) is 11.9. The van der Waals surface area contributed by atoms with Gasteiger partial charge in [-0.05, 0) is 6.07 Å². The van der Waals surface area contributed by atoms with Gasteiger partial charge in [0.05, 0.1) is 11.3 Å². The molecule has 1 aliphatic rings. The van der Waals surface area contributed by atoms with Crippen LogP contribution in [0.15, 0.2) is 35.4 Å². The van der Waals surface area contributed by atoms with Gasteiger partial charge in [0, 0.05) is 29.5 Å². The second kappa shape index (κ2) is 5.26. The van der Waals surface area contributed by atoms with Gasteiger partial charge in [0.25, 0.3) is 10.0 Å². The van der Waals surface area contributed by atoms with E-state index in [2.05, 4.69) is 0 Å². The second-order valence-corrected chi connectivity index (χ2v) is 7.11. The topological polar surface area (TPSA) is 74.7 Å². The lowest BCUT2D eigenvalue weighted by Crippen LogP contribution is -2.26. The summed E-state index contributed by atoms with van der Waals surface area (Å²) in [7, 11) is -1.99. The van der Waals surface area contributed by atoms with E-state index in [0.717, 1.165) is 4.91 Å². The third-order valence-corrected chi connectivity index (χ3v) is 5.50. The smallest absolute Gasteiger partial charge is 0.304 e. The van der Waals surface area contributed by atoms with Crippen LogP contribution in [0.1, 0.15) is 12.0 Å². The van der Waals surface area contributed by atoms with Gasteiger partial charge in [-0.1, -0.05) is 18.2 Å². The van der Waals surface area contributed by atoms with Gasteiger partial charge in [-0.2, -0.15) is 0 Å². The minimum absolute atomic E-state index is 0.0423. The highest BCUT2D eigenvalue weighted by atomic mass is 32.2. The quantitative estimate of drug-likeness (QED) is 0.918. The third kappa shape index (κ3) is 2.76. The van der Waals surface area contributed by atoms with Gasteiger partial charge in [0.2, 0.25) is 0 Å². The number of sulfonamides is 1. The Bertz CT molecular complexity index is 637. The summed E-state index contributed by atoms with van der Waals surface area (Å²) in [5.41, 5.74) is 0.635. The van der Waals surface area contributed by atoms with Crippen molar-refractivity contribution in [3.63, 3.8) is 0 Å². The van der Waals surface area contributed by atoms with E-state index in [1.54, 1.807) is 24.3 Å². The van der Waals surface area contributed by atoms with E-state index in [1.807, 2.05) is 0 Å². The fourth-order valence-corrected chi connectivity index (χ4v) is 4.17. The summed E-state index contributed by atoms with van der Waals surface area (Å²) in [6.45, 7) is 0. The molecule has 0 saturated heterocycles. The molecule has 7 heteroatoms. The number of nitrogens with zero attached hydrogens (tertiary/aromatic N) is 1. The number of carboxylic acid groups (broad SMARTS) is 1. The van der Waals surface area contributed by atoms with Gasteiger partial charge >= 0.3 is 5.97 Å². The van der Waals surface area contributed by atoms with E-state index in [-0.39, 0.29) is 11.3 Å². The van der Waals surface area contributed by atoms with Crippen LogP contribution in [0.2, 0.25) is 0 Å². The highest BCUT2D eigenvalue weighted by Gasteiger charge is 2.28. The molecular formula is C12H13NO4S2. The van der Waals surface area contributed by atoms with Crippen molar-refractivity contribution < 1.29 is 18.3 Å². The van der Waals surface area contributed by atoms with Gasteiger partial charge in [-0.15, -0.1) is 11.8 Å². The van der Waals surface area contributed by atoms with Crippen molar-refractivity contribution >= 4 is 32.7 Å². The lowest BCUT2D eigenvalue weighted by Gasteiger charge is -2.24.